The van der Waals surface area contributed by atoms with Crippen LogP contribution in [0, 0.1) is 0 Å². The van der Waals surface area contributed by atoms with Crippen molar-refractivity contribution in [3.63, 3.8) is 0 Å². The largest absolute Gasteiger partial charge is 0.494 e. The van der Waals surface area contributed by atoms with Gasteiger partial charge in [-0.1, -0.05) is 12.1 Å². The first kappa shape index (κ1) is 18.9. The van der Waals surface area contributed by atoms with Crippen LogP contribution in [0.25, 0.3) is 0 Å². The molecular weight excluding hydrogens is 348 g/mol. The van der Waals surface area contributed by atoms with Crippen molar-refractivity contribution in [2.24, 2.45) is 0 Å². The maximum Gasteiger partial charge on any atom is 0.305 e. The van der Waals surface area contributed by atoms with E-state index >= 15 is 0 Å². The van der Waals surface area contributed by atoms with Gasteiger partial charge in [0.25, 0.3) is 5.91 Å². The number of rotatable bonds is 8. The number of benzene rings is 1. The average molecular weight is 372 g/mol. The SMILES string of the molecule is COC(=O)CCCOc1ccc(CNC(=O)c2n[nH]c3c2CNCC3)cc1. The van der Waals surface area contributed by atoms with Crippen LogP contribution in [0.5, 0.6) is 5.75 Å². The Kier molecular flexibility index (Phi) is 6.43. The first-order valence-corrected chi connectivity index (χ1v) is 9.01. The molecule has 8 heteroatoms. The minimum atomic E-state index is -0.237. The van der Waals surface area contributed by atoms with Crippen molar-refractivity contribution < 1.29 is 19.1 Å². The van der Waals surface area contributed by atoms with Crippen molar-refractivity contribution in [1.29, 1.82) is 0 Å². The molecule has 144 valence electrons. The Hall–Kier alpha value is -2.87. The number of carbonyl (C=O) groups is 2. The quantitative estimate of drug-likeness (QED) is 0.477. The molecule has 0 unspecified atom stereocenters. The molecule has 1 aliphatic heterocycles. The first-order valence-electron chi connectivity index (χ1n) is 9.01. The van der Waals surface area contributed by atoms with Crippen molar-refractivity contribution >= 4 is 11.9 Å². The predicted octanol–water partition coefficient (Wildman–Crippen LogP) is 1.32. The zero-order valence-corrected chi connectivity index (χ0v) is 15.3. The Balaban J connectivity index is 1.45. The lowest BCUT2D eigenvalue weighted by Gasteiger charge is -2.13. The van der Waals surface area contributed by atoms with Gasteiger partial charge in [0, 0.05) is 43.7 Å². The molecule has 1 amide bonds. The molecule has 1 aromatic carbocycles. The molecule has 3 N–H and O–H groups in total. The van der Waals surface area contributed by atoms with Crippen LogP contribution in [0.4, 0.5) is 0 Å². The summed E-state index contributed by atoms with van der Waals surface area (Å²) >= 11 is 0. The van der Waals surface area contributed by atoms with Gasteiger partial charge in [-0.2, -0.15) is 5.10 Å². The molecule has 1 aromatic heterocycles. The molecule has 3 rings (SSSR count). The van der Waals surface area contributed by atoms with Gasteiger partial charge in [0.05, 0.1) is 13.7 Å². The number of amides is 1. The van der Waals surface area contributed by atoms with Crippen molar-refractivity contribution in [3.05, 3.63) is 46.8 Å². The van der Waals surface area contributed by atoms with Crippen LogP contribution in [0.1, 0.15) is 40.2 Å². The zero-order chi connectivity index (χ0) is 19.1. The minimum Gasteiger partial charge on any atom is -0.494 e. The van der Waals surface area contributed by atoms with E-state index in [1.54, 1.807) is 0 Å². The van der Waals surface area contributed by atoms with Gasteiger partial charge in [-0.25, -0.2) is 0 Å². The second kappa shape index (κ2) is 9.18. The van der Waals surface area contributed by atoms with E-state index in [2.05, 4.69) is 25.6 Å². The Morgan fingerprint density at radius 3 is 2.85 bits per heavy atom. The van der Waals surface area contributed by atoms with E-state index in [1.165, 1.54) is 7.11 Å². The van der Waals surface area contributed by atoms with E-state index in [0.717, 1.165) is 35.5 Å². The van der Waals surface area contributed by atoms with Gasteiger partial charge in [0.15, 0.2) is 5.69 Å². The molecule has 0 radical (unpaired) electrons. The van der Waals surface area contributed by atoms with Crippen molar-refractivity contribution in [1.82, 2.24) is 20.8 Å². The summed E-state index contributed by atoms with van der Waals surface area (Å²) in [5.74, 6) is 0.306. The number of methoxy groups -OCH3 is 1. The van der Waals surface area contributed by atoms with Crippen LogP contribution in [0.2, 0.25) is 0 Å². The van der Waals surface area contributed by atoms with Crippen LogP contribution >= 0.6 is 0 Å². The third kappa shape index (κ3) is 5.07. The van der Waals surface area contributed by atoms with Crippen LogP contribution in [0.15, 0.2) is 24.3 Å². The number of esters is 1. The highest BCUT2D eigenvalue weighted by molar-refractivity contribution is 5.94. The van der Waals surface area contributed by atoms with Gasteiger partial charge in [-0.3, -0.25) is 14.7 Å². The van der Waals surface area contributed by atoms with Crippen molar-refractivity contribution in [2.75, 3.05) is 20.3 Å². The zero-order valence-electron chi connectivity index (χ0n) is 15.3. The summed E-state index contributed by atoms with van der Waals surface area (Å²) in [5, 5.41) is 13.3. The second-order valence-corrected chi connectivity index (χ2v) is 6.31. The molecule has 1 aliphatic rings. The third-order valence-electron chi connectivity index (χ3n) is 4.42. The van der Waals surface area contributed by atoms with E-state index in [4.69, 9.17) is 4.74 Å². The summed E-state index contributed by atoms with van der Waals surface area (Å²) in [7, 11) is 1.37. The number of ether oxygens (including phenoxy) is 2. The average Bonchev–Trinajstić information content (AvgIpc) is 3.14. The summed E-state index contributed by atoms with van der Waals surface area (Å²) in [6.45, 7) is 2.42. The Morgan fingerprint density at radius 2 is 2.07 bits per heavy atom. The third-order valence-corrected chi connectivity index (χ3v) is 4.42. The number of carbonyl (C=O) groups excluding carboxylic acids is 2. The molecule has 2 heterocycles. The second-order valence-electron chi connectivity index (χ2n) is 6.31. The lowest BCUT2D eigenvalue weighted by Crippen LogP contribution is -2.28. The number of hydrogen-bond donors (Lipinski definition) is 3. The summed E-state index contributed by atoms with van der Waals surface area (Å²) in [4.78, 5) is 23.4. The van der Waals surface area contributed by atoms with Gasteiger partial charge in [-0.15, -0.1) is 0 Å². The fourth-order valence-electron chi connectivity index (χ4n) is 2.89. The smallest absolute Gasteiger partial charge is 0.305 e. The molecule has 0 aliphatic carbocycles. The van der Waals surface area contributed by atoms with Gasteiger partial charge >= 0.3 is 5.97 Å². The summed E-state index contributed by atoms with van der Waals surface area (Å²) in [6, 6.07) is 7.49. The fourth-order valence-corrected chi connectivity index (χ4v) is 2.89. The number of aromatic amines is 1. The summed E-state index contributed by atoms with van der Waals surface area (Å²) in [6.07, 6.45) is 1.80. The first-order chi connectivity index (χ1) is 13.2. The number of hydrogen-bond acceptors (Lipinski definition) is 6. The van der Waals surface area contributed by atoms with Crippen LogP contribution < -0.4 is 15.4 Å². The molecular formula is C19H24N4O4. The number of nitrogens with one attached hydrogen (secondary N) is 3. The van der Waals surface area contributed by atoms with E-state index in [1.807, 2.05) is 24.3 Å². The normalized spacial score (nSPS) is 12.9. The molecule has 0 spiro atoms. The van der Waals surface area contributed by atoms with Crippen LogP contribution in [-0.4, -0.2) is 42.3 Å². The Morgan fingerprint density at radius 1 is 1.26 bits per heavy atom. The number of nitrogens with zero attached hydrogens (tertiary/aromatic N) is 1. The van der Waals surface area contributed by atoms with E-state index in [9.17, 15) is 9.59 Å². The van der Waals surface area contributed by atoms with Gasteiger partial charge in [-0.05, 0) is 24.1 Å². The lowest BCUT2D eigenvalue weighted by atomic mass is 10.1. The molecule has 0 saturated carbocycles. The molecule has 0 bridgehead atoms. The summed E-state index contributed by atoms with van der Waals surface area (Å²) in [5.41, 5.74) is 3.41. The van der Waals surface area contributed by atoms with E-state index in [-0.39, 0.29) is 11.9 Å². The topological polar surface area (TPSA) is 105 Å². The molecule has 0 saturated heterocycles. The number of fused-ring (bicyclic) bond motifs is 1. The number of H-pyrrole nitrogens is 1. The van der Waals surface area contributed by atoms with Crippen molar-refractivity contribution in [3.8, 4) is 5.75 Å². The highest BCUT2D eigenvalue weighted by Gasteiger charge is 2.21. The maximum atomic E-state index is 12.4. The van der Waals surface area contributed by atoms with Crippen molar-refractivity contribution in [2.45, 2.75) is 32.4 Å². The highest BCUT2D eigenvalue weighted by atomic mass is 16.5. The Bertz CT molecular complexity index is 786. The van der Waals surface area contributed by atoms with Crippen LogP contribution in [0.3, 0.4) is 0 Å². The molecule has 8 nitrogen and oxygen atoms in total. The molecule has 27 heavy (non-hydrogen) atoms. The van der Waals surface area contributed by atoms with E-state index < -0.39 is 0 Å². The highest BCUT2D eigenvalue weighted by Crippen LogP contribution is 2.16. The molecule has 2 aromatic rings. The van der Waals surface area contributed by atoms with Gasteiger partial charge in [0.1, 0.15) is 5.75 Å². The van der Waals surface area contributed by atoms with E-state index in [0.29, 0.717) is 38.2 Å². The fraction of sp³-hybridized carbons (Fsp3) is 0.421. The van der Waals surface area contributed by atoms with Gasteiger partial charge < -0.3 is 20.1 Å². The lowest BCUT2D eigenvalue weighted by molar-refractivity contribution is -0.140. The van der Waals surface area contributed by atoms with Crippen LogP contribution in [-0.2, 0) is 29.0 Å². The molecule has 0 fully saturated rings. The number of aromatic nitrogens is 2. The van der Waals surface area contributed by atoms with Gasteiger partial charge in [0.2, 0.25) is 0 Å². The minimum absolute atomic E-state index is 0.181. The summed E-state index contributed by atoms with van der Waals surface area (Å²) < 4.78 is 10.2. The monoisotopic (exact) mass is 372 g/mol. The predicted molar refractivity (Wildman–Crippen MR) is 98.4 cm³/mol. The standard InChI is InChI=1S/C19H24N4O4/c1-26-17(24)3-2-10-27-14-6-4-13(5-7-14)11-21-19(25)18-15-12-20-9-8-16(15)22-23-18/h4-7,20H,2-3,8-12H2,1H3,(H,21,25)(H,22,23). The maximum absolute atomic E-state index is 12.4. The Labute approximate surface area is 157 Å². The molecule has 0 atom stereocenters.